The Labute approximate surface area is 224 Å². The number of para-hydroxylation sites is 1. The molecule has 8 aromatic rings. The van der Waals surface area contributed by atoms with Gasteiger partial charge in [-0.05, 0) is 70.8 Å². The second-order valence-electron chi connectivity index (χ2n) is 9.80. The highest BCUT2D eigenvalue weighted by molar-refractivity contribution is 6.13. The van der Waals surface area contributed by atoms with Crippen LogP contribution in [-0.4, -0.2) is 19.9 Å². The van der Waals surface area contributed by atoms with Crippen LogP contribution in [0.25, 0.3) is 77.1 Å². The first-order chi connectivity index (χ1) is 19.3. The quantitative estimate of drug-likeness (QED) is 0.265. The van der Waals surface area contributed by atoms with Crippen LogP contribution in [0.1, 0.15) is 0 Å². The van der Waals surface area contributed by atoms with E-state index in [0.29, 0.717) is 0 Å². The van der Waals surface area contributed by atoms with Gasteiger partial charge in [-0.2, -0.15) is 0 Å². The number of aromatic nitrogens is 4. The summed E-state index contributed by atoms with van der Waals surface area (Å²) in [5, 5.41) is 4.59. The molecule has 0 aliphatic rings. The molecule has 4 heteroatoms. The van der Waals surface area contributed by atoms with Crippen LogP contribution >= 0.6 is 0 Å². The SMILES string of the molecule is c1cc(-c2ccc3ncccc3c2)c(-c2nccc3c2[nH]c2ccccc23)c(-c2ccc3ncccc3c2)c1. The van der Waals surface area contributed by atoms with Crippen molar-refractivity contribution >= 4 is 43.6 Å². The number of fused-ring (bicyclic) bond motifs is 5. The summed E-state index contributed by atoms with van der Waals surface area (Å²) in [6.45, 7) is 0. The van der Waals surface area contributed by atoms with Gasteiger partial charge in [0.2, 0.25) is 0 Å². The van der Waals surface area contributed by atoms with E-state index in [4.69, 9.17) is 4.98 Å². The fraction of sp³-hybridized carbons (Fsp3) is 0. The molecule has 0 fully saturated rings. The molecule has 0 atom stereocenters. The number of rotatable bonds is 3. The van der Waals surface area contributed by atoms with Crippen LogP contribution in [-0.2, 0) is 0 Å². The number of hydrogen-bond donors (Lipinski definition) is 1. The first-order valence-electron chi connectivity index (χ1n) is 13.0. The van der Waals surface area contributed by atoms with Crippen molar-refractivity contribution in [2.45, 2.75) is 0 Å². The third kappa shape index (κ3) is 3.50. The van der Waals surface area contributed by atoms with Gasteiger partial charge in [-0.1, -0.05) is 60.7 Å². The highest BCUT2D eigenvalue weighted by Gasteiger charge is 2.20. The van der Waals surface area contributed by atoms with Crippen LogP contribution in [0.4, 0.5) is 0 Å². The van der Waals surface area contributed by atoms with Gasteiger partial charge in [0.25, 0.3) is 0 Å². The van der Waals surface area contributed by atoms with Crippen molar-refractivity contribution < 1.29 is 0 Å². The maximum absolute atomic E-state index is 5.01. The molecule has 0 spiro atoms. The minimum atomic E-state index is 0.937. The molecular weight excluding hydrogens is 476 g/mol. The smallest absolute Gasteiger partial charge is 0.0955 e. The van der Waals surface area contributed by atoms with Gasteiger partial charge < -0.3 is 4.98 Å². The Balaban J connectivity index is 1.47. The highest BCUT2D eigenvalue weighted by atomic mass is 14.8. The van der Waals surface area contributed by atoms with Crippen molar-refractivity contribution in [2.24, 2.45) is 0 Å². The fourth-order valence-electron chi connectivity index (χ4n) is 5.74. The van der Waals surface area contributed by atoms with Crippen molar-refractivity contribution in [2.75, 3.05) is 0 Å². The molecule has 0 amide bonds. The minimum Gasteiger partial charge on any atom is -0.353 e. The summed E-state index contributed by atoms with van der Waals surface area (Å²) in [5.74, 6) is 0. The molecule has 0 aliphatic heterocycles. The Hall–Kier alpha value is -5.35. The third-order valence-electron chi connectivity index (χ3n) is 7.56. The zero-order valence-corrected chi connectivity index (χ0v) is 21.0. The van der Waals surface area contributed by atoms with E-state index in [1.165, 1.54) is 10.8 Å². The molecule has 39 heavy (non-hydrogen) atoms. The molecule has 4 heterocycles. The average molecular weight is 499 g/mol. The first kappa shape index (κ1) is 21.7. The zero-order chi connectivity index (χ0) is 25.8. The third-order valence-corrected chi connectivity index (χ3v) is 7.56. The molecule has 0 saturated heterocycles. The van der Waals surface area contributed by atoms with E-state index in [9.17, 15) is 0 Å². The van der Waals surface area contributed by atoms with Crippen LogP contribution in [0.2, 0.25) is 0 Å². The van der Waals surface area contributed by atoms with E-state index in [1.807, 2.05) is 30.7 Å². The second kappa shape index (κ2) is 8.61. The molecule has 1 N–H and O–H groups in total. The molecule has 4 nitrogen and oxygen atoms in total. The molecule has 8 rings (SSSR count). The predicted molar refractivity (Wildman–Crippen MR) is 161 cm³/mol. The van der Waals surface area contributed by atoms with E-state index in [0.717, 1.165) is 66.4 Å². The standard InChI is InChI=1S/C35H22N4/c1-2-11-32-28(8-1)29-16-19-38-35(34(29)39-32)33-26(22-12-14-30-24(20-22)6-4-17-36-30)9-3-10-27(33)23-13-15-31-25(21-23)7-5-18-37-31/h1-21,39H. The first-order valence-corrected chi connectivity index (χ1v) is 13.0. The Kier molecular flexibility index (Phi) is 4.79. The number of H-pyrrole nitrogens is 1. The molecule has 0 bridgehead atoms. The lowest BCUT2D eigenvalue weighted by Crippen LogP contribution is -1.94. The van der Waals surface area contributed by atoms with Crippen LogP contribution < -0.4 is 0 Å². The van der Waals surface area contributed by atoms with Crippen molar-refractivity contribution in [3.05, 3.63) is 128 Å². The Bertz CT molecular complexity index is 2090. The maximum atomic E-state index is 5.01. The molecular formula is C35H22N4. The van der Waals surface area contributed by atoms with E-state index in [2.05, 4.69) is 112 Å². The van der Waals surface area contributed by atoms with Gasteiger partial charge in [0.05, 0.1) is 22.2 Å². The van der Waals surface area contributed by atoms with E-state index in [1.54, 1.807) is 0 Å². The molecule has 0 saturated carbocycles. The van der Waals surface area contributed by atoms with Crippen LogP contribution in [0.3, 0.4) is 0 Å². The lowest BCUT2D eigenvalue weighted by molar-refractivity contribution is 1.34. The largest absolute Gasteiger partial charge is 0.353 e. The number of nitrogens with zero attached hydrogens (tertiary/aromatic N) is 3. The monoisotopic (exact) mass is 498 g/mol. The Morgan fingerprint density at radius 2 is 1.15 bits per heavy atom. The van der Waals surface area contributed by atoms with Crippen LogP contribution in [0, 0.1) is 0 Å². The molecule has 0 unspecified atom stereocenters. The van der Waals surface area contributed by atoms with Crippen molar-refractivity contribution in [1.29, 1.82) is 0 Å². The zero-order valence-electron chi connectivity index (χ0n) is 21.0. The van der Waals surface area contributed by atoms with Crippen molar-refractivity contribution in [3.8, 4) is 33.5 Å². The van der Waals surface area contributed by atoms with Crippen molar-refractivity contribution in [3.63, 3.8) is 0 Å². The van der Waals surface area contributed by atoms with Gasteiger partial charge in [0.1, 0.15) is 0 Å². The van der Waals surface area contributed by atoms with Gasteiger partial charge in [-0.3, -0.25) is 15.0 Å². The summed E-state index contributed by atoms with van der Waals surface area (Å²) in [5.41, 5.74) is 10.7. The number of benzene rings is 4. The van der Waals surface area contributed by atoms with Gasteiger partial charge >= 0.3 is 0 Å². The molecule has 4 aromatic carbocycles. The van der Waals surface area contributed by atoms with Crippen LogP contribution in [0.5, 0.6) is 0 Å². The number of nitrogens with one attached hydrogen (secondary N) is 1. The summed E-state index contributed by atoms with van der Waals surface area (Å²) in [6, 6.07) is 38.2. The topological polar surface area (TPSA) is 54.5 Å². The van der Waals surface area contributed by atoms with Gasteiger partial charge in [-0.15, -0.1) is 0 Å². The van der Waals surface area contributed by atoms with Gasteiger partial charge in [-0.25, -0.2) is 0 Å². The Morgan fingerprint density at radius 1 is 0.487 bits per heavy atom. The predicted octanol–water partition coefficient (Wildman–Crippen LogP) is 8.81. The molecule has 0 aliphatic carbocycles. The summed E-state index contributed by atoms with van der Waals surface area (Å²) < 4.78 is 0. The summed E-state index contributed by atoms with van der Waals surface area (Å²) in [4.78, 5) is 17.8. The summed E-state index contributed by atoms with van der Waals surface area (Å²) in [6.07, 6.45) is 5.60. The number of aromatic amines is 1. The molecule has 4 aromatic heterocycles. The second-order valence-corrected chi connectivity index (χ2v) is 9.80. The number of hydrogen-bond acceptors (Lipinski definition) is 3. The molecule has 182 valence electrons. The summed E-state index contributed by atoms with van der Waals surface area (Å²) >= 11 is 0. The summed E-state index contributed by atoms with van der Waals surface area (Å²) in [7, 11) is 0. The van der Waals surface area contributed by atoms with Gasteiger partial charge in [0.15, 0.2) is 0 Å². The fourth-order valence-corrected chi connectivity index (χ4v) is 5.74. The van der Waals surface area contributed by atoms with Gasteiger partial charge in [0, 0.05) is 51.2 Å². The van der Waals surface area contributed by atoms with Crippen LogP contribution in [0.15, 0.2) is 128 Å². The average Bonchev–Trinajstić information content (AvgIpc) is 3.39. The maximum Gasteiger partial charge on any atom is 0.0955 e. The number of pyridine rings is 3. The molecule has 0 radical (unpaired) electrons. The Morgan fingerprint density at radius 3 is 1.85 bits per heavy atom. The lowest BCUT2D eigenvalue weighted by atomic mass is 9.88. The van der Waals surface area contributed by atoms with E-state index >= 15 is 0 Å². The lowest BCUT2D eigenvalue weighted by Gasteiger charge is -2.17. The van der Waals surface area contributed by atoms with E-state index < -0.39 is 0 Å². The van der Waals surface area contributed by atoms with E-state index in [-0.39, 0.29) is 0 Å². The van der Waals surface area contributed by atoms with Crippen molar-refractivity contribution in [1.82, 2.24) is 19.9 Å². The normalized spacial score (nSPS) is 11.6. The minimum absolute atomic E-state index is 0.937. The highest BCUT2D eigenvalue weighted by Crippen LogP contribution is 2.43.